The zero-order valence-electron chi connectivity index (χ0n) is 12.0. The zero-order chi connectivity index (χ0) is 14.4. The maximum absolute atomic E-state index is 5.34. The maximum atomic E-state index is 5.34. The van der Waals surface area contributed by atoms with Gasteiger partial charge in [0.15, 0.2) is 0 Å². The van der Waals surface area contributed by atoms with E-state index in [2.05, 4.69) is 24.0 Å². The number of nitrogens with zero attached hydrogens (tertiary/aromatic N) is 1. The Morgan fingerprint density at radius 3 is 2.40 bits per heavy atom. The van der Waals surface area contributed by atoms with Crippen LogP contribution in [-0.4, -0.2) is 20.4 Å². The van der Waals surface area contributed by atoms with E-state index in [1.807, 2.05) is 42.6 Å². The number of benzene rings is 2. The Hall–Kier alpha value is -2.29. The van der Waals surface area contributed by atoms with Gasteiger partial charge in [0.1, 0.15) is 11.5 Å². The summed E-state index contributed by atoms with van der Waals surface area (Å²) in [5.74, 6) is 1.58. The highest BCUT2D eigenvalue weighted by molar-refractivity contribution is 5.84. The van der Waals surface area contributed by atoms with Gasteiger partial charge in [-0.3, -0.25) is 4.99 Å². The van der Waals surface area contributed by atoms with E-state index in [1.165, 1.54) is 5.56 Å². The lowest BCUT2D eigenvalue weighted by Crippen LogP contribution is -1.95. The molecule has 0 fully saturated rings. The molecule has 2 rings (SSSR count). The lowest BCUT2D eigenvalue weighted by atomic mass is 10.1. The molecule has 20 heavy (non-hydrogen) atoms. The van der Waals surface area contributed by atoms with Crippen molar-refractivity contribution in [1.82, 2.24) is 0 Å². The van der Waals surface area contributed by atoms with E-state index in [4.69, 9.17) is 9.47 Å². The number of hydrogen-bond donors (Lipinski definition) is 0. The molecule has 0 spiro atoms. The predicted molar refractivity (Wildman–Crippen MR) is 82.0 cm³/mol. The van der Waals surface area contributed by atoms with E-state index in [0.717, 1.165) is 17.1 Å². The third kappa shape index (κ3) is 3.38. The van der Waals surface area contributed by atoms with Gasteiger partial charge in [-0.15, -0.1) is 0 Å². The summed E-state index contributed by atoms with van der Waals surface area (Å²) in [7, 11) is 3.30. The summed E-state index contributed by atoms with van der Waals surface area (Å²) >= 11 is 0. The molecule has 0 aliphatic carbocycles. The summed E-state index contributed by atoms with van der Waals surface area (Å²) in [6, 6.07) is 16.0. The summed E-state index contributed by atoms with van der Waals surface area (Å²) in [6.45, 7) is 2.07. The van der Waals surface area contributed by atoms with Gasteiger partial charge < -0.3 is 9.47 Å². The van der Waals surface area contributed by atoms with Crippen LogP contribution in [0.15, 0.2) is 53.5 Å². The summed E-state index contributed by atoms with van der Waals surface area (Å²) in [5.41, 5.74) is 2.10. The largest absolute Gasteiger partial charge is 0.497 e. The molecule has 104 valence electrons. The summed E-state index contributed by atoms with van der Waals surface area (Å²) in [5, 5.41) is 0. The lowest BCUT2D eigenvalue weighted by molar-refractivity contribution is 0.402. The van der Waals surface area contributed by atoms with Gasteiger partial charge >= 0.3 is 0 Å². The molecule has 3 nitrogen and oxygen atoms in total. The molecule has 0 unspecified atom stereocenters. The number of rotatable bonds is 5. The first-order chi connectivity index (χ1) is 9.74. The average Bonchev–Trinajstić information content (AvgIpc) is 2.53. The Balaban J connectivity index is 2.22. The van der Waals surface area contributed by atoms with Crippen LogP contribution in [0.5, 0.6) is 11.5 Å². The van der Waals surface area contributed by atoms with Crippen molar-refractivity contribution >= 4 is 6.21 Å². The van der Waals surface area contributed by atoms with Gasteiger partial charge in [0.05, 0.1) is 20.3 Å². The van der Waals surface area contributed by atoms with E-state index in [-0.39, 0.29) is 6.04 Å². The van der Waals surface area contributed by atoms with Crippen LogP contribution in [0.1, 0.15) is 24.1 Å². The van der Waals surface area contributed by atoms with Crippen molar-refractivity contribution in [2.75, 3.05) is 14.2 Å². The van der Waals surface area contributed by atoms with Crippen LogP contribution >= 0.6 is 0 Å². The van der Waals surface area contributed by atoms with E-state index >= 15 is 0 Å². The summed E-state index contributed by atoms with van der Waals surface area (Å²) in [4.78, 5) is 4.59. The highest BCUT2D eigenvalue weighted by Gasteiger charge is 2.05. The van der Waals surface area contributed by atoms with Crippen LogP contribution < -0.4 is 9.47 Å². The quantitative estimate of drug-likeness (QED) is 0.771. The second-order valence-corrected chi connectivity index (χ2v) is 4.47. The zero-order valence-corrected chi connectivity index (χ0v) is 12.0. The van der Waals surface area contributed by atoms with Crippen LogP contribution in [0.2, 0.25) is 0 Å². The number of ether oxygens (including phenoxy) is 2. The van der Waals surface area contributed by atoms with Crippen molar-refractivity contribution in [3.63, 3.8) is 0 Å². The molecule has 0 heterocycles. The van der Waals surface area contributed by atoms with E-state index in [0.29, 0.717) is 0 Å². The second-order valence-electron chi connectivity index (χ2n) is 4.47. The van der Waals surface area contributed by atoms with Crippen molar-refractivity contribution in [1.29, 1.82) is 0 Å². The van der Waals surface area contributed by atoms with Gasteiger partial charge in [-0.05, 0) is 30.7 Å². The molecule has 0 aromatic heterocycles. The molecule has 2 aromatic rings. The minimum atomic E-state index is 0.104. The van der Waals surface area contributed by atoms with Crippen molar-refractivity contribution in [3.8, 4) is 11.5 Å². The van der Waals surface area contributed by atoms with Crippen LogP contribution in [0, 0.1) is 0 Å². The van der Waals surface area contributed by atoms with Gasteiger partial charge in [-0.2, -0.15) is 0 Å². The fourth-order valence-corrected chi connectivity index (χ4v) is 1.95. The highest BCUT2D eigenvalue weighted by Crippen LogP contribution is 2.23. The molecule has 0 saturated carbocycles. The highest BCUT2D eigenvalue weighted by atomic mass is 16.5. The standard InChI is InChI=1S/C17H19NO2/c1-13(14-7-5-4-6-8-14)18-12-15-11-16(19-2)9-10-17(15)20-3/h4-13H,1-3H3/t13-/m0/s1. The van der Waals surface area contributed by atoms with Gasteiger partial charge in [0.25, 0.3) is 0 Å². The van der Waals surface area contributed by atoms with Crippen LogP contribution in [0.4, 0.5) is 0 Å². The maximum Gasteiger partial charge on any atom is 0.127 e. The van der Waals surface area contributed by atoms with Gasteiger partial charge in [0.2, 0.25) is 0 Å². The SMILES string of the molecule is COc1ccc(OC)c(C=N[C@@H](C)c2ccccc2)c1. The third-order valence-corrected chi connectivity index (χ3v) is 3.16. The van der Waals surface area contributed by atoms with Crippen molar-refractivity contribution < 1.29 is 9.47 Å². The van der Waals surface area contributed by atoms with Gasteiger partial charge in [-0.25, -0.2) is 0 Å². The first-order valence-electron chi connectivity index (χ1n) is 6.54. The third-order valence-electron chi connectivity index (χ3n) is 3.16. The summed E-state index contributed by atoms with van der Waals surface area (Å²) < 4.78 is 10.6. The molecular weight excluding hydrogens is 250 g/mol. The van der Waals surface area contributed by atoms with Gasteiger partial charge in [-0.1, -0.05) is 30.3 Å². The predicted octanol–water partition coefficient (Wildman–Crippen LogP) is 3.88. The Labute approximate surface area is 119 Å². The number of hydrogen-bond acceptors (Lipinski definition) is 3. The Bertz CT molecular complexity index is 579. The minimum absolute atomic E-state index is 0.104. The van der Waals surface area contributed by atoms with Crippen molar-refractivity contribution in [2.45, 2.75) is 13.0 Å². The topological polar surface area (TPSA) is 30.8 Å². The fraction of sp³-hybridized carbons (Fsp3) is 0.235. The average molecular weight is 269 g/mol. The number of methoxy groups -OCH3 is 2. The Morgan fingerprint density at radius 1 is 1.00 bits per heavy atom. The lowest BCUT2D eigenvalue weighted by Gasteiger charge is -2.09. The molecular formula is C17H19NO2. The first-order valence-corrected chi connectivity index (χ1v) is 6.54. The molecule has 0 N–H and O–H groups in total. The van der Waals surface area contributed by atoms with Crippen molar-refractivity contribution in [3.05, 3.63) is 59.7 Å². The first kappa shape index (κ1) is 14.1. The van der Waals surface area contributed by atoms with Gasteiger partial charge in [0, 0.05) is 11.8 Å². The van der Waals surface area contributed by atoms with E-state index < -0.39 is 0 Å². The molecule has 1 atom stereocenters. The van der Waals surface area contributed by atoms with Crippen LogP contribution in [-0.2, 0) is 0 Å². The van der Waals surface area contributed by atoms with Crippen LogP contribution in [0.25, 0.3) is 0 Å². The monoisotopic (exact) mass is 269 g/mol. The van der Waals surface area contributed by atoms with E-state index in [9.17, 15) is 0 Å². The Kier molecular flexibility index (Phi) is 4.77. The molecule has 0 aliphatic rings. The normalized spacial score (nSPS) is 12.3. The molecule has 0 saturated heterocycles. The molecule has 0 amide bonds. The van der Waals surface area contributed by atoms with Crippen LogP contribution in [0.3, 0.4) is 0 Å². The molecule has 2 aromatic carbocycles. The minimum Gasteiger partial charge on any atom is -0.497 e. The van der Waals surface area contributed by atoms with Crippen molar-refractivity contribution in [2.24, 2.45) is 4.99 Å². The Morgan fingerprint density at radius 2 is 1.75 bits per heavy atom. The fourth-order valence-electron chi connectivity index (χ4n) is 1.95. The number of aliphatic imine (C=N–C) groups is 1. The second kappa shape index (κ2) is 6.75. The smallest absolute Gasteiger partial charge is 0.127 e. The molecule has 0 aliphatic heterocycles. The molecule has 0 bridgehead atoms. The molecule has 3 heteroatoms. The van der Waals surface area contributed by atoms with E-state index in [1.54, 1.807) is 14.2 Å². The molecule has 0 radical (unpaired) electrons. The summed E-state index contributed by atoms with van der Waals surface area (Å²) in [6.07, 6.45) is 1.83.